The lowest BCUT2D eigenvalue weighted by Gasteiger charge is -2.31. The van der Waals surface area contributed by atoms with E-state index in [1.54, 1.807) is 11.8 Å². The van der Waals surface area contributed by atoms with Crippen molar-refractivity contribution in [3.63, 3.8) is 0 Å². The third-order valence-electron chi connectivity index (χ3n) is 3.53. The molecule has 0 bridgehead atoms. The van der Waals surface area contributed by atoms with Crippen molar-refractivity contribution in [1.29, 1.82) is 0 Å². The molecule has 8 heteroatoms. The molecule has 6 nitrogen and oxygen atoms in total. The number of hydrogen-bond acceptors (Lipinski definition) is 3. The van der Waals surface area contributed by atoms with Gasteiger partial charge in [-0.25, -0.2) is 18.4 Å². The van der Waals surface area contributed by atoms with Gasteiger partial charge in [0.2, 0.25) is 0 Å². The summed E-state index contributed by atoms with van der Waals surface area (Å²) in [5.41, 5.74) is -0.216. The van der Waals surface area contributed by atoms with Gasteiger partial charge < -0.3 is 20.3 Å². The zero-order valence-electron chi connectivity index (χ0n) is 12.8. The van der Waals surface area contributed by atoms with Gasteiger partial charge in [-0.3, -0.25) is 0 Å². The zero-order chi connectivity index (χ0) is 16.8. The average molecular weight is 327 g/mol. The van der Waals surface area contributed by atoms with Crippen molar-refractivity contribution < 1.29 is 23.1 Å². The number of urea groups is 1. The summed E-state index contributed by atoms with van der Waals surface area (Å²) in [5.74, 6) is -1.34. The summed E-state index contributed by atoms with van der Waals surface area (Å²) in [6.45, 7) is 3.00. The van der Waals surface area contributed by atoms with E-state index in [1.165, 1.54) is 0 Å². The molecule has 0 spiro atoms. The Labute approximate surface area is 132 Å². The fourth-order valence-electron chi connectivity index (χ4n) is 2.36. The number of ether oxygens (including phenoxy) is 1. The monoisotopic (exact) mass is 327 g/mol. The number of amides is 3. The smallest absolute Gasteiger partial charge is 0.409 e. The summed E-state index contributed by atoms with van der Waals surface area (Å²) in [4.78, 5) is 25.0. The molecular formula is C15H19F2N3O3. The van der Waals surface area contributed by atoms with Crippen LogP contribution in [-0.2, 0) is 4.74 Å². The topological polar surface area (TPSA) is 70.7 Å². The Hall–Kier alpha value is -2.38. The van der Waals surface area contributed by atoms with Crippen LogP contribution in [0.15, 0.2) is 18.2 Å². The van der Waals surface area contributed by atoms with E-state index in [0.29, 0.717) is 32.5 Å². The van der Waals surface area contributed by atoms with Crippen molar-refractivity contribution in [3.05, 3.63) is 29.8 Å². The fourth-order valence-corrected chi connectivity index (χ4v) is 2.36. The van der Waals surface area contributed by atoms with Gasteiger partial charge in [-0.15, -0.1) is 0 Å². The van der Waals surface area contributed by atoms with Gasteiger partial charge in [0.1, 0.15) is 11.6 Å². The summed E-state index contributed by atoms with van der Waals surface area (Å²) in [6, 6.07) is 2.09. The molecule has 0 saturated carbocycles. The lowest BCUT2D eigenvalue weighted by atomic mass is 10.1. The van der Waals surface area contributed by atoms with E-state index < -0.39 is 17.7 Å². The number of likely N-dealkylation sites (tertiary alicyclic amines) is 1. The number of hydrogen-bond donors (Lipinski definition) is 2. The summed E-state index contributed by atoms with van der Waals surface area (Å²) >= 11 is 0. The number of halogens is 2. The molecule has 1 saturated heterocycles. The first kappa shape index (κ1) is 17.0. The van der Waals surface area contributed by atoms with Crippen molar-refractivity contribution >= 4 is 17.8 Å². The number of carbonyl (C=O) groups is 2. The number of nitrogens with zero attached hydrogens (tertiary/aromatic N) is 1. The number of anilines is 1. The van der Waals surface area contributed by atoms with Crippen molar-refractivity contribution in [1.82, 2.24) is 10.2 Å². The maximum Gasteiger partial charge on any atom is 0.409 e. The second kappa shape index (κ2) is 7.75. The average Bonchev–Trinajstić information content (AvgIpc) is 2.52. The molecule has 0 atom stereocenters. The lowest BCUT2D eigenvalue weighted by Crippen LogP contribution is -2.47. The van der Waals surface area contributed by atoms with Crippen LogP contribution in [0.4, 0.5) is 24.1 Å². The maximum absolute atomic E-state index is 13.5. The van der Waals surface area contributed by atoms with Crippen LogP contribution in [0, 0.1) is 11.6 Å². The van der Waals surface area contributed by atoms with E-state index in [-0.39, 0.29) is 17.8 Å². The number of piperidine rings is 1. The fraction of sp³-hybridized carbons (Fsp3) is 0.467. The summed E-state index contributed by atoms with van der Waals surface area (Å²) in [6.07, 6.45) is 0.771. The first-order valence-corrected chi connectivity index (χ1v) is 7.44. The third-order valence-corrected chi connectivity index (χ3v) is 3.53. The molecule has 0 aliphatic carbocycles. The first-order chi connectivity index (χ1) is 11.0. The molecule has 2 rings (SSSR count). The predicted octanol–water partition coefficient (Wildman–Crippen LogP) is 2.71. The van der Waals surface area contributed by atoms with Crippen LogP contribution in [0.5, 0.6) is 0 Å². The minimum atomic E-state index is -0.710. The van der Waals surface area contributed by atoms with Crippen LogP contribution >= 0.6 is 0 Å². The van der Waals surface area contributed by atoms with Gasteiger partial charge >= 0.3 is 12.1 Å². The highest BCUT2D eigenvalue weighted by Crippen LogP contribution is 2.16. The second-order valence-electron chi connectivity index (χ2n) is 5.18. The minimum absolute atomic E-state index is 0.141. The molecule has 1 fully saturated rings. The first-order valence-electron chi connectivity index (χ1n) is 7.44. The van der Waals surface area contributed by atoms with E-state index in [4.69, 9.17) is 4.74 Å². The van der Waals surface area contributed by atoms with Crippen LogP contribution < -0.4 is 10.6 Å². The molecule has 1 aliphatic rings. The Morgan fingerprint density at radius 2 is 2.00 bits per heavy atom. The molecule has 1 heterocycles. The number of carbonyl (C=O) groups excluding carboxylic acids is 2. The van der Waals surface area contributed by atoms with E-state index in [0.717, 1.165) is 18.2 Å². The van der Waals surface area contributed by atoms with Crippen molar-refractivity contribution in [3.8, 4) is 0 Å². The quantitative estimate of drug-likeness (QED) is 0.897. The summed E-state index contributed by atoms with van der Waals surface area (Å²) in [7, 11) is 0. The SMILES string of the molecule is CCOC(=O)N1CCC(NC(=O)Nc2cc(F)ccc2F)CC1. The van der Waals surface area contributed by atoms with Gasteiger partial charge in [0.25, 0.3) is 0 Å². The standard InChI is InChI=1S/C15H19F2N3O3/c1-2-23-15(22)20-7-5-11(6-8-20)18-14(21)19-13-9-10(16)3-4-12(13)17/h3-4,9,11H,2,5-8H2,1H3,(H2,18,19,21). The Kier molecular flexibility index (Phi) is 5.72. The third kappa shape index (κ3) is 4.80. The van der Waals surface area contributed by atoms with Crippen LogP contribution in [0.25, 0.3) is 0 Å². The normalized spacial score (nSPS) is 15.2. The van der Waals surface area contributed by atoms with E-state index in [1.807, 2.05) is 0 Å². The van der Waals surface area contributed by atoms with Crippen molar-refractivity contribution in [2.45, 2.75) is 25.8 Å². The summed E-state index contributed by atoms with van der Waals surface area (Å²) < 4.78 is 31.4. The molecule has 1 aromatic rings. The summed E-state index contributed by atoms with van der Waals surface area (Å²) in [5, 5.41) is 4.97. The van der Waals surface area contributed by atoms with Crippen LogP contribution in [-0.4, -0.2) is 42.8 Å². The van der Waals surface area contributed by atoms with Crippen LogP contribution in [0.2, 0.25) is 0 Å². The Morgan fingerprint density at radius 3 is 2.65 bits per heavy atom. The molecule has 0 unspecified atom stereocenters. The molecule has 1 aliphatic heterocycles. The Morgan fingerprint density at radius 1 is 1.30 bits per heavy atom. The Bertz CT molecular complexity index is 575. The molecule has 1 aromatic carbocycles. The highest BCUT2D eigenvalue weighted by atomic mass is 19.1. The maximum atomic E-state index is 13.5. The molecule has 23 heavy (non-hydrogen) atoms. The minimum Gasteiger partial charge on any atom is -0.450 e. The van der Waals surface area contributed by atoms with Gasteiger partial charge in [0.15, 0.2) is 0 Å². The van der Waals surface area contributed by atoms with Gasteiger partial charge in [0.05, 0.1) is 12.3 Å². The van der Waals surface area contributed by atoms with Crippen LogP contribution in [0.3, 0.4) is 0 Å². The van der Waals surface area contributed by atoms with Crippen molar-refractivity contribution in [2.24, 2.45) is 0 Å². The number of nitrogens with one attached hydrogen (secondary N) is 2. The van der Waals surface area contributed by atoms with Crippen molar-refractivity contribution in [2.75, 3.05) is 25.0 Å². The van der Waals surface area contributed by atoms with Gasteiger partial charge in [-0.2, -0.15) is 0 Å². The van der Waals surface area contributed by atoms with Gasteiger partial charge in [-0.05, 0) is 31.9 Å². The number of rotatable bonds is 3. The molecule has 3 amide bonds. The van der Waals surface area contributed by atoms with Gasteiger partial charge in [-0.1, -0.05) is 0 Å². The predicted molar refractivity (Wildman–Crippen MR) is 80.1 cm³/mol. The molecule has 2 N–H and O–H groups in total. The molecule has 0 aromatic heterocycles. The second-order valence-corrected chi connectivity index (χ2v) is 5.18. The highest BCUT2D eigenvalue weighted by molar-refractivity contribution is 5.89. The Balaban J connectivity index is 1.81. The molecular weight excluding hydrogens is 308 g/mol. The lowest BCUT2D eigenvalue weighted by molar-refractivity contribution is 0.0959. The van der Waals surface area contributed by atoms with E-state index in [9.17, 15) is 18.4 Å². The number of benzene rings is 1. The highest BCUT2D eigenvalue weighted by Gasteiger charge is 2.24. The largest absolute Gasteiger partial charge is 0.450 e. The van der Waals surface area contributed by atoms with E-state index >= 15 is 0 Å². The van der Waals surface area contributed by atoms with Crippen LogP contribution in [0.1, 0.15) is 19.8 Å². The van der Waals surface area contributed by atoms with Gasteiger partial charge in [0, 0.05) is 25.2 Å². The molecule has 126 valence electrons. The van der Waals surface area contributed by atoms with E-state index in [2.05, 4.69) is 10.6 Å². The zero-order valence-corrected chi connectivity index (χ0v) is 12.8. The molecule has 0 radical (unpaired) electrons.